The highest BCUT2D eigenvalue weighted by molar-refractivity contribution is 6.04. The van der Waals surface area contributed by atoms with Gasteiger partial charge in [-0.15, -0.1) is 0 Å². The van der Waals surface area contributed by atoms with Gasteiger partial charge in [0.1, 0.15) is 5.82 Å². The Kier molecular flexibility index (Phi) is 3.46. The highest BCUT2D eigenvalue weighted by Gasteiger charge is 2.22. The molecule has 0 atom stereocenters. The topological polar surface area (TPSA) is 46.3 Å². The number of rotatable bonds is 3. The molecule has 1 amide bonds. The van der Waals surface area contributed by atoms with Crippen molar-refractivity contribution in [1.82, 2.24) is 4.98 Å². The number of nitrogens with zero attached hydrogens (tertiary/aromatic N) is 2. The fraction of sp³-hybridized carbons (Fsp3) is 0.286. The number of anilines is 1. The van der Waals surface area contributed by atoms with E-state index in [1.807, 2.05) is 32.9 Å². The first kappa shape index (κ1) is 12.4. The molecule has 0 radical (unpaired) electrons. The Hall–Kier alpha value is -2.10. The minimum Gasteiger partial charge on any atom is -0.459 e. The van der Waals surface area contributed by atoms with E-state index in [2.05, 4.69) is 4.98 Å². The predicted molar refractivity (Wildman–Crippen MR) is 69.8 cm³/mol. The molecule has 2 aromatic rings. The van der Waals surface area contributed by atoms with Gasteiger partial charge in [-0.25, -0.2) is 4.98 Å². The summed E-state index contributed by atoms with van der Waals surface area (Å²) >= 11 is 0. The third kappa shape index (κ3) is 2.14. The zero-order valence-corrected chi connectivity index (χ0v) is 10.8. The zero-order valence-electron chi connectivity index (χ0n) is 10.8. The average Bonchev–Trinajstić information content (AvgIpc) is 2.78. The number of aryl methyl sites for hydroxylation is 2. The Morgan fingerprint density at radius 2 is 2.11 bits per heavy atom. The fourth-order valence-corrected chi connectivity index (χ4v) is 1.86. The lowest BCUT2D eigenvalue weighted by atomic mass is 10.2. The Balaban J connectivity index is 2.39. The summed E-state index contributed by atoms with van der Waals surface area (Å²) < 4.78 is 5.25. The molecule has 2 aromatic heterocycles. The van der Waals surface area contributed by atoms with E-state index in [4.69, 9.17) is 4.42 Å². The van der Waals surface area contributed by atoms with E-state index in [0.717, 1.165) is 11.1 Å². The Labute approximate surface area is 106 Å². The van der Waals surface area contributed by atoms with E-state index >= 15 is 0 Å². The van der Waals surface area contributed by atoms with Gasteiger partial charge in [0.25, 0.3) is 5.91 Å². The van der Waals surface area contributed by atoms with Crippen LogP contribution in [0.3, 0.4) is 0 Å². The molecule has 0 fully saturated rings. The molecule has 18 heavy (non-hydrogen) atoms. The van der Waals surface area contributed by atoms with E-state index in [-0.39, 0.29) is 5.91 Å². The molecule has 94 valence electrons. The zero-order chi connectivity index (χ0) is 13.1. The van der Waals surface area contributed by atoms with Crippen molar-refractivity contribution in [1.29, 1.82) is 0 Å². The molecule has 4 heteroatoms. The SMILES string of the molecule is CCN(C(=O)c1occc1C)c1ncccc1C. The highest BCUT2D eigenvalue weighted by Crippen LogP contribution is 2.20. The van der Waals surface area contributed by atoms with Gasteiger partial charge < -0.3 is 4.42 Å². The van der Waals surface area contributed by atoms with Crippen LogP contribution in [0.4, 0.5) is 5.82 Å². The Bertz CT molecular complexity index is 560. The molecule has 0 unspecified atom stereocenters. The summed E-state index contributed by atoms with van der Waals surface area (Å²) in [4.78, 5) is 18.3. The van der Waals surface area contributed by atoms with Crippen molar-refractivity contribution < 1.29 is 9.21 Å². The number of carbonyl (C=O) groups is 1. The van der Waals surface area contributed by atoms with Crippen molar-refractivity contribution in [3.8, 4) is 0 Å². The number of carbonyl (C=O) groups excluding carboxylic acids is 1. The molecule has 0 N–H and O–H groups in total. The molecule has 0 aliphatic heterocycles. The maximum Gasteiger partial charge on any atom is 0.295 e. The van der Waals surface area contributed by atoms with Gasteiger partial charge in [0.05, 0.1) is 6.26 Å². The molecule has 0 aliphatic rings. The molecule has 0 saturated carbocycles. The first-order valence-electron chi connectivity index (χ1n) is 5.92. The van der Waals surface area contributed by atoms with Gasteiger partial charge in [-0.3, -0.25) is 9.69 Å². The van der Waals surface area contributed by atoms with Crippen LogP contribution >= 0.6 is 0 Å². The van der Waals surface area contributed by atoms with Crippen molar-refractivity contribution in [2.24, 2.45) is 0 Å². The Morgan fingerprint density at radius 1 is 1.33 bits per heavy atom. The lowest BCUT2D eigenvalue weighted by Crippen LogP contribution is -2.32. The second-order valence-electron chi connectivity index (χ2n) is 4.13. The van der Waals surface area contributed by atoms with Crippen LogP contribution in [0.15, 0.2) is 35.1 Å². The monoisotopic (exact) mass is 244 g/mol. The van der Waals surface area contributed by atoms with Crippen molar-refractivity contribution in [2.45, 2.75) is 20.8 Å². The smallest absolute Gasteiger partial charge is 0.295 e. The molecule has 0 bridgehead atoms. The van der Waals surface area contributed by atoms with Gasteiger partial charge in [-0.05, 0) is 38.5 Å². The second kappa shape index (κ2) is 5.04. The highest BCUT2D eigenvalue weighted by atomic mass is 16.3. The van der Waals surface area contributed by atoms with Crippen LogP contribution < -0.4 is 4.90 Å². The van der Waals surface area contributed by atoms with E-state index in [1.54, 1.807) is 17.2 Å². The van der Waals surface area contributed by atoms with Crippen LogP contribution in [0, 0.1) is 13.8 Å². The third-order valence-electron chi connectivity index (χ3n) is 2.86. The van der Waals surface area contributed by atoms with Crippen LogP contribution in [0.5, 0.6) is 0 Å². The molecular weight excluding hydrogens is 228 g/mol. The summed E-state index contributed by atoms with van der Waals surface area (Å²) in [5.74, 6) is 0.907. The van der Waals surface area contributed by atoms with Crippen LogP contribution in [0.1, 0.15) is 28.6 Å². The van der Waals surface area contributed by atoms with Gasteiger partial charge in [0.15, 0.2) is 5.76 Å². The van der Waals surface area contributed by atoms with Gasteiger partial charge in [-0.1, -0.05) is 6.07 Å². The van der Waals surface area contributed by atoms with Crippen LogP contribution in [-0.2, 0) is 0 Å². The number of pyridine rings is 1. The minimum absolute atomic E-state index is 0.151. The number of hydrogen-bond acceptors (Lipinski definition) is 3. The lowest BCUT2D eigenvalue weighted by Gasteiger charge is -2.20. The average molecular weight is 244 g/mol. The van der Waals surface area contributed by atoms with Crippen molar-refractivity contribution in [3.63, 3.8) is 0 Å². The summed E-state index contributed by atoms with van der Waals surface area (Å²) in [7, 11) is 0. The summed E-state index contributed by atoms with van der Waals surface area (Å²) in [6.45, 7) is 6.27. The molecule has 0 aromatic carbocycles. The molecule has 4 nitrogen and oxygen atoms in total. The second-order valence-corrected chi connectivity index (χ2v) is 4.13. The molecule has 2 rings (SSSR count). The van der Waals surface area contributed by atoms with E-state index < -0.39 is 0 Å². The van der Waals surface area contributed by atoms with Crippen molar-refractivity contribution >= 4 is 11.7 Å². The summed E-state index contributed by atoms with van der Waals surface area (Å²) in [6.07, 6.45) is 3.22. The predicted octanol–water partition coefficient (Wildman–Crippen LogP) is 2.96. The Morgan fingerprint density at radius 3 is 2.67 bits per heavy atom. The quantitative estimate of drug-likeness (QED) is 0.833. The van der Waals surface area contributed by atoms with Crippen LogP contribution in [0.25, 0.3) is 0 Å². The van der Waals surface area contributed by atoms with Gasteiger partial charge in [0, 0.05) is 18.3 Å². The standard InChI is InChI=1S/C14H16N2O2/c1-4-16(13-11(3)6-5-8-15-13)14(17)12-10(2)7-9-18-12/h5-9H,4H2,1-3H3. The maximum absolute atomic E-state index is 12.4. The lowest BCUT2D eigenvalue weighted by molar-refractivity contribution is 0.0960. The molecular formula is C14H16N2O2. The molecule has 2 heterocycles. The van der Waals surface area contributed by atoms with Crippen LogP contribution in [-0.4, -0.2) is 17.4 Å². The third-order valence-corrected chi connectivity index (χ3v) is 2.86. The van der Waals surface area contributed by atoms with Gasteiger partial charge >= 0.3 is 0 Å². The van der Waals surface area contributed by atoms with Gasteiger partial charge in [-0.2, -0.15) is 0 Å². The normalized spacial score (nSPS) is 10.4. The van der Waals surface area contributed by atoms with Crippen LogP contribution in [0.2, 0.25) is 0 Å². The van der Waals surface area contributed by atoms with E-state index in [9.17, 15) is 4.79 Å². The summed E-state index contributed by atoms with van der Waals surface area (Å²) in [5, 5.41) is 0. The first-order valence-corrected chi connectivity index (χ1v) is 5.92. The molecule has 0 saturated heterocycles. The molecule has 0 aliphatic carbocycles. The van der Waals surface area contributed by atoms with E-state index in [1.165, 1.54) is 6.26 Å². The first-order chi connectivity index (χ1) is 8.65. The number of aromatic nitrogens is 1. The minimum atomic E-state index is -0.151. The van der Waals surface area contributed by atoms with Crippen molar-refractivity contribution in [2.75, 3.05) is 11.4 Å². The summed E-state index contributed by atoms with van der Waals surface area (Å²) in [5.41, 5.74) is 1.81. The largest absolute Gasteiger partial charge is 0.459 e. The fourth-order valence-electron chi connectivity index (χ4n) is 1.86. The summed E-state index contributed by atoms with van der Waals surface area (Å²) in [6, 6.07) is 5.58. The number of amides is 1. The maximum atomic E-state index is 12.4. The van der Waals surface area contributed by atoms with E-state index in [0.29, 0.717) is 18.1 Å². The molecule has 0 spiro atoms. The van der Waals surface area contributed by atoms with Crippen molar-refractivity contribution in [3.05, 3.63) is 47.5 Å². The number of hydrogen-bond donors (Lipinski definition) is 0. The number of furan rings is 1. The van der Waals surface area contributed by atoms with Gasteiger partial charge in [0.2, 0.25) is 0 Å².